The molecule has 0 spiro atoms. The molecule has 0 N–H and O–H groups in total. The highest BCUT2D eigenvalue weighted by atomic mass is 35.5. The largest absolute Gasteiger partial charge is 0.486 e. The number of benzene rings is 2. The Morgan fingerprint density at radius 3 is 2.47 bits per heavy atom. The zero-order valence-electron chi connectivity index (χ0n) is 20.6. The van der Waals surface area contributed by atoms with Gasteiger partial charge in [-0.2, -0.15) is 9.78 Å². The van der Waals surface area contributed by atoms with Gasteiger partial charge in [-0.05, 0) is 73.9 Å². The lowest BCUT2D eigenvalue weighted by molar-refractivity contribution is 0.118. The van der Waals surface area contributed by atoms with Crippen LogP contribution in [-0.2, 0) is 13.3 Å². The van der Waals surface area contributed by atoms with E-state index in [0.29, 0.717) is 49.6 Å². The molecule has 0 saturated carbocycles. The van der Waals surface area contributed by atoms with Crippen LogP contribution in [0, 0.1) is 4.77 Å². The number of likely N-dealkylation sites (N-methyl/N-ethyl adjacent to an activating group) is 1. The predicted molar refractivity (Wildman–Crippen MR) is 153 cm³/mol. The van der Waals surface area contributed by atoms with Crippen LogP contribution < -0.4 is 4.74 Å². The van der Waals surface area contributed by atoms with Gasteiger partial charge in [0.25, 0.3) is 0 Å². The zero-order chi connectivity index (χ0) is 26.6. The zero-order valence-corrected chi connectivity index (χ0v) is 23.6. The number of piperazine rings is 1. The van der Waals surface area contributed by atoms with Crippen LogP contribution in [0.5, 0.6) is 5.75 Å². The average molecular weight is 592 g/mol. The van der Waals surface area contributed by atoms with Crippen LogP contribution in [0.2, 0.25) is 15.1 Å². The van der Waals surface area contributed by atoms with Gasteiger partial charge in [0.1, 0.15) is 23.9 Å². The van der Waals surface area contributed by atoms with Crippen LogP contribution in [0.1, 0.15) is 11.6 Å². The van der Waals surface area contributed by atoms with Crippen molar-refractivity contribution in [2.75, 3.05) is 33.2 Å². The van der Waals surface area contributed by atoms with Crippen molar-refractivity contribution in [1.82, 2.24) is 24.3 Å². The minimum Gasteiger partial charge on any atom is -0.486 e. The topological polar surface area (TPSA) is 64.0 Å². The fourth-order valence-electron chi connectivity index (χ4n) is 3.97. The minimum absolute atomic E-state index is 0.169. The lowest BCUT2D eigenvalue weighted by Crippen LogP contribution is -2.45. The number of ether oxygens (including phenoxy) is 1. The maximum Gasteiger partial charge on any atom is 0.220 e. The Labute approximate surface area is 240 Å². The van der Waals surface area contributed by atoms with Crippen molar-refractivity contribution in [3.05, 3.63) is 86.0 Å². The highest BCUT2D eigenvalue weighted by Gasteiger charge is 2.18. The number of nitrogens with zero attached hydrogens (tertiary/aromatic N) is 6. The molecule has 4 aromatic rings. The average Bonchev–Trinajstić information content (AvgIpc) is 3.48. The quantitative estimate of drug-likeness (QED) is 0.177. The van der Waals surface area contributed by atoms with Crippen molar-refractivity contribution < 1.29 is 9.15 Å². The lowest BCUT2D eigenvalue weighted by atomic mass is 10.2. The summed E-state index contributed by atoms with van der Waals surface area (Å²) in [6.07, 6.45) is 1.59. The molecule has 8 nitrogen and oxygen atoms in total. The Kier molecular flexibility index (Phi) is 8.52. The van der Waals surface area contributed by atoms with Gasteiger partial charge >= 0.3 is 0 Å². The highest BCUT2D eigenvalue weighted by Crippen LogP contribution is 2.31. The van der Waals surface area contributed by atoms with Gasteiger partial charge in [-0.25, -0.2) is 4.68 Å². The smallest absolute Gasteiger partial charge is 0.220 e. The Balaban J connectivity index is 1.39. The first-order valence-electron chi connectivity index (χ1n) is 11.9. The van der Waals surface area contributed by atoms with E-state index in [1.807, 2.05) is 18.2 Å². The fourth-order valence-corrected chi connectivity index (χ4v) is 4.85. The van der Waals surface area contributed by atoms with E-state index in [-0.39, 0.29) is 6.61 Å². The summed E-state index contributed by atoms with van der Waals surface area (Å²) >= 11 is 24.1. The molecular weight excluding hydrogens is 567 g/mol. The summed E-state index contributed by atoms with van der Waals surface area (Å²) in [7, 11) is 2.12. The molecule has 12 heteroatoms. The first kappa shape index (κ1) is 26.9. The van der Waals surface area contributed by atoms with Gasteiger partial charge < -0.3 is 14.1 Å². The number of halogens is 3. The molecule has 5 rings (SSSR count). The Hall–Kier alpha value is -2.66. The van der Waals surface area contributed by atoms with E-state index in [1.54, 1.807) is 52.0 Å². The van der Waals surface area contributed by atoms with Gasteiger partial charge in [-0.15, -0.1) is 5.10 Å². The van der Waals surface area contributed by atoms with Gasteiger partial charge in [-0.1, -0.05) is 34.8 Å². The van der Waals surface area contributed by atoms with Crippen LogP contribution in [-0.4, -0.2) is 63.7 Å². The standard InChI is InChI=1S/C26H25Cl3N6O2S/c1-32-10-12-33(13-11-32)17-34-26(38)35(25(31-34)16-36-20-5-2-18(27)3-6-20)30-15-21-7-9-24(37-21)22-8-4-19(28)14-23(22)29/h2-9,14-15H,10-13,16-17H2,1H3. The highest BCUT2D eigenvalue weighted by molar-refractivity contribution is 7.71. The second kappa shape index (κ2) is 12.0. The Morgan fingerprint density at radius 1 is 1.00 bits per heavy atom. The van der Waals surface area contributed by atoms with Crippen LogP contribution >= 0.6 is 47.0 Å². The SMILES string of the molecule is CN1CCN(Cn2nc(COc3ccc(Cl)cc3)n(N=Cc3ccc(-c4ccc(Cl)cc4Cl)o3)c2=S)CC1. The summed E-state index contributed by atoms with van der Waals surface area (Å²) in [5, 5.41) is 11.0. The summed E-state index contributed by atoms with van der Waals surface area (Å²) in [6, 6.07) is 16.0. The molecule has 2 aromatic heterocycles. The summed E-state index contributed by atoms with van der Waals surface area (Å²) < 4.78 is 15.7. The van der Waals surface area contributed by atoms with E-state index < -0.39 is 0 Å². The van der Waals surface area contributed by atoms with Crippen LogP contribution in [0.4, 0.5) is 0 Å². The number of aromatic nitrogens is 3. The van der Waals surface area contributed by atoms with E-state index in [9.17, 15) is 0 Å². The molecule has 0 atom stereocenters. The third kappa shape index (κ3) is 6.48. The third-order valence-corrected chi connectivity index (χ3v) is 7.30. The van der Waals surface area contributed by atoms with Crippen molar-refractivity contribution in [2.24, 2.45) is 5.10 Å². The monoisotopic (exact) mass is 590 g/mol. The molecule has 1 aliphatic heterocycles. The predicted octanol–water partition coefficient (Wildman–Crippen LogP) is 6.30. The molecular formula is C26H25Cl3N6O2S. The summed E-state index contributed by atoms with van der Waals surface area (Å²) in [5.74, 6) is 2.36. The Bertz CT molecular complexity index is 1490. The third-order valence-electron chi connectivity index (χ3n) is 6.12. The molecule has 1 saturated heterocycles. The molecule has 1 fully saturated rings. The lowest BCUT2D eigenvalue weighted by Gasteiger charge is -2.31. The van der Waals surface area contributed by atoms with Gasteiger partial charge in [0.2, 0.25) is 4.77 Å². The molecule has 198 valence electrons. The first-order valence-corrected chi connectivity index (χ1v) is 13.5. The molecule has 2 aromatic carbocycles. The molecule has 0 unspecified atom stereocenters. The van der Waals surface area contributed by atoms with E-state index in [4.69, 9.17) is 61.3 Å². The number of furan rings is 1. The molecule has 0 radical (unpaired) electrons. The van der Waals surface area contributed by atoms with E-state index in [2.05, 4.69) is 21.9 Å². The maximum atomic E-state index is 6.34. The Morgan fingerprint density at radius 2 is 1.74 bits per heavy atom. The van der Waals surface area contributed by atoms with Crippen molar-refractivity contribution in [3.8, 4) is 17.1 Å². The van der Waals surface area contributed by atoms with Crippen molar-refractivity contribution in [1.29, 1.82) is 0 Å². The summed E-state index contributed by atoms with van der Waals surface area (Å²) in [6.45, 7) is 4.61. The summed E-state index contributed by atoms with van der Waals surface area (Å²) in [4.78, 5) is 4.62. The number of hydrogen-bond acceptors (Lipinski definition) is 7. The van der Waals surface area contributed by atoms with E-state index in [1.165, 1.54) is 0 Å². The maximum absolute atomic E-state index is 6.34. The summed E-state index contributed by atoms with van der Waals surface area (Å²) in [5.41, 5.74) is 0.740. The molecule has 0 aliphatic carbocycles. The molecule has 38 heavy (non-hydrogen) atoms. The molecule has 0 amide bonds. The van der Waals surface area contributed by atoms with Gasteiger partial charge in [-0.3, -0.25) is 4.90 Å². The van der Waals surface area contributed by atoms with Crippen molar-refractivity contribution in [2.45, 2.75) is 13.3 Å². The van der Waals surface area contributed by atoms with Gasteiger partial charge in [0, 0.05) is 41.8 Å². The molecule has 0 bridgehead atoms. The van der Waals surface area contributed by atoms with Crippen LogP contribution in [0.3, 0.4) is 0 Å². The van der Waals surface area contributed by atoms with E-state index in [0.717, 1.165) is 31.7 Å². The van der Waals surface area contributed by atoms with Crippen molar-refractivity contribution in [3.63, 3.8) is 0 Å². The van der Waals surface area contributed by atoms with Gasteiger partial charge in [0.05, 0.1) is 17.9 Å². The second-order valence-electron chi connectivity index (χ2n) is 8.89. The number of rotatable bonds is 8. The fraction of sp³-hybridized carbons (Fsp3) is 0.269. The molecule has 3 heterocycles. The normalized spacial score (nSPS) is 14.9. The van der Waals surface area contributed by atoms with Crippen LogP contribution in [0.15, 0.2) is 64.1 Å². The van der Waals surface area contributed by atoms with Crippen LogP contribution in [0.25, 0.3) is 11.3 Å². The minimum atomic E-state index is 0.169. The van der Waals surface area contributed by atoms with Crippen molar-refractivity contribution >= 4 is 53.2 Å². The molecule has 1 aliphatic rings. The van der Waals surface area contributed by atoms with Gasteiger partial charge in [0.15, 0.2) is 5.82 Å². The van der Waals surface area contributed by atoms with E-state index >= 15 is 0 Å². The number of hydrogen-bond donors (Lipinski definition) is 0. The first-order chi connectivity index (χ1) is 18.4. The second-order valence-corrected chi connectivity index (χ2v) is 10.5.